The van der Waals surface area contributed by atoms with Gasteiger partial charge in [0.25, 0.3) is 0 Å². The molecular weight excluding hydrogens is 562 g/mol. The van der Waals surface area contributed by atoms with Crippen LogP contribution < -0.4 is 0 Å². The maximum absolute atomic E-state index is 13.1. The van der Waals surface area contributed by atoms with Crippen LogP contribution in [-0.4, -0.2) is 78.9 Å². The third kappa shape index (κ3) is 5.72. The molecule has 15 nitrogen and oxygen atoms in total. The summed E-state index contributed by atoms with van der Waals surface area (Å²) in [5.74, 6) is -4.36. The molecule has 5 rings (SSSR count). The molecular formula is C28H23N7O8. The molecule has 0 atom stereocenters. The van der Waals surface area contributed by atoms with Crippen molar-refractivity contribution in [3.8, 4) is 45.6 Å². The van der Waals surface area contributed by atoms with Gasteiger partial charge in [-0.1, -0.05) is 22.6 Å². The number of para-hydroxylation sites is 2. The van der Waals surface area contributed by atoms with Crippen molar-refractivity contribution in [1.29, 1.82) is 0 Å². The molecule has 0 saturated heterocycles. The first-order chi connectivity index (χ1) is 20.3. The summed E-state index contributed by atoms with van der Waals surface area (Å²) < 4.78 is 7.85. The summed E-state index contributed by atoms with van der Waals surface area (Å²) in [5.41, 5.74) is -0.654. The highest BCUT2D eigenvalue weighted by atomic mass is 16.6. The first-order valence-corrected chi connectivity index (χ1v) is 12.5. The zero-order chi connectivity index (χ0) is 31.1. The lowest BCUT2D eigenvalue weighted by molar-refractivity contribution is 0.00690. The lowest BCUT2D eigenvalue weighted by atomic mass is 10.1. The predicted molar refractivity (Wildman–Crippen MR) is 147 cm³/mol. The van der Waals surface area contributed by atoms with Gasteiger partial charge in [0.05, 0.1) is 29.3 Å². The van der Waals surface area contributed by atoms with Crippen molar-refractivity contribution < 1.29 is 39.5 Å². The Bertz CT molecular complexity index is 1790. The number of esters is 1. The first-order valence-electron chi connectivity index (χ1n) is 12.5. The van der Waals surface area contributed by atoms with Gasteiger partial charge in [-0.05, 0) is 57.2 Å². The van der Waals surface area contributed by atoms with Crippen LogP contribution in [0.15, 0.2) is 60.9 Å². The van der Waals surface area contributed by atoms with E-state index in [4.69, 9.17) is 4.74 Å². The third-order valence-electron chi connectivity index (χ3n) is 5.96. The van der Waals surface area contributed by atoms with E-state index in [0.29, 0.717) is 0 Å². The molecule has 4 N–H and O–H groups in total. The minimum absolute atomic E-state index is 0.0495. The van der Waals surface area contributed by atoms with Crippen molar-refractivity contribution >= 4 is 17.9 Å². The molecule has 0 saturated carbocycles. The number of phenols is 2. The highest BCUT2D eigenvalue weighted by molar-refractivity contribution is 5.93. The Hall–Kier alpha value is -6.12. The topological polar surface area (TPSA) is 216 Å². The molecule has 0 bridgehead atoms. The fourth-order valence-electron chi connectivity index (χ4n) is 4.02. The van der Waals surface area contributed by atoms with Gasteiger partial charge in [-0.3, -0.25) is 0 Å². The minimum atomic E-state index is -1.33. The van der Waals surface area contributed by atoms with Crippen LogP contribution in [0.4, 0.5) is 0 Å². The number of nitrogens with zero attached hydrogens (tertiary/aromatic N) is 7. The van der Waals surface area contributed by atoms with Crippen LogP contribution >= 0.6 is 0 Å². The van der Waals surface area contributed by atoms with E-state index in [1.165, 1.54) is 60.9 Å². The monoisotopic (exact) mass is 585 g/mol. The molecule has 3 aromatic heterocycles. The van der Waals surface area contributed by atoms with E-state index in [0.717, 1.165) is 9.36 Å². The van der Waals surface area contributed by atoms with Crippen molar-refractivity contribution in [2.24, 2.45) is 0 Å². The summed E-state index contributed by atoms with van der Waals surface area (Å²) in [5, 5.41) is 55.7. The molecule has 43 heavy (non-hydrogen) atoms. The average Bonchev–Trinajstić information content (AvgIpc) is 3.63. The van der Waals surface area contributed by atoms with Crippen LogP contribution in [0.3, 0.4) is 0 Å². The van der Waals surface area contributed by atoms with Crippen LogP contribution in [0.1, 0.15) is 51.8 Å². The number of hydrogen-bond acceptors (Lipinski definition) is 11. The second-order valence-corrected chi connectivity index (χ2v) is 10.2. The Morgan fingerprint density at radius 1 is 0.721 bits per heavy atom. The highest BCUT2D eigenvalue weighted by Crippen LogP contribution is 2.30. The van der Waals surface area contributed by atoms with Gasteiger partial charge in [-0.25, -0.2) is 28.7 Å². The zero-order valence-electron chi connectivity index (χ0n) is 22.8. The van der Waals surface area contributed by atoms with Crippen LogP contribution in [0.5, 0.6) is 11.5 Å². The maximum atomic E-state index is 13.1. The fraction of sp³-hybridized carbons (Fsp3) is 0.143. The fourth-order valence-corrected chi connectivity index (χ4v) is 4.02. The number of pyridine rings is 1. The van der Waals surface area contributed by atoms with Gasteiger partial charge in [0.1, 0.15) is 39.5 Å². The minimum Gasteiger partial charge on any atom is -0.505 e. The van der Waals surface area contributed by atoms with E-state index in [1.807, 2.05) is 0 Å². The second kappa shape index (κ2) is 10.7. The standard InChI is InChI=1S/C28H23N7O8/c1-28(2,3)43-27(42)14-10-17(19-12-34(32-30-19)21-8-4-6-15(23(21)36)25(38)39)29-18(11-14)20-13-35(33-31-20)22-9-5-7-16(24(22)37)26(40)41/h4-13,36-37H,1-3H3,(H,38,39)(H,40,41). The normalized spacial score (nSPS) is 11.3. The summed E-state index contributed by atoms with van der Waals surface area (Å²) in [6, 6.07) is 11.1. The summed E-state index contributed by atoms with van der Waals surface area (Å²) >= 11 is 0. The Kier molecular flexibility index (Phi) is 7.07. The summed E-state index contributed by atoms with van der Waals surface area (Å²) in [4.78, 5) is 40.5. The molecule has 5 aromatic rings. The summed E-state index contributed by atoms with van der Waals surface area (Å²) in [7, 11) is 0. The van der Waals surface area contributed by atoms with Crippen molar-refractivity contribution in [1.82, 2.24) is 35.0 Å². The number of aromatic nitrogens is 7. The van der Waals surface area contributed by atoms with Crippen LogP contribution in [0, 0.1) is 0 Å². The summed E-state index contributed by atoms with van der Waals surface area (Å²) in [6.45, 7) is 5.13. The number of aromatic carboxylic acids is 2. The number of hydrogen-bond donors (Lipinski definition) is 4. The molecule has 0 fully saturated rings. The Morgan fingerprint density at radius 3 is 1.56 bits per heavy atom. The molecule has 0 unspecified atom stereocenters. The summed E-state index contributed by atoms with van der Waals surface area (Å²) in [6.07, 6.45) is 2.77. The Labute approximate surface area is 242 Å². The van der Waals surface area contributed by atoms with E-state index in [1.54, 1.807) is 20.8 Å². The van der Waals surface area contributed by atoms with Crippen LogP contribution in [-0.2, 0) is 4.74 Å². The van der Waals surface area contributed by atoms with Gasteiger partial charge in [-0.2, -0.15) is 0 Å². The highest BCUT2D eigenvalue weighted by Gasteiger charge is 2.23. The van der Waals surface area contributed by atoms with Crippen LogP contribution in [0.2, 0.25) is 0 Å². The lowest BCUT2D eigenvalue weighted by Gasteiger charge is -2.19. The van der Waals surface area contributed by atoms with Crippen molar-refractivity contribution in [3.05, 3.63) is 77.6 Å². The molecule has 2 aromatic carbocycles. The quantitative estimate of drug-likeness (QED) is 0.202. The number of carboxylic acid groups (broad SMARTS) is 2. The van der Waals surface area contributed by atoms with Crippen molar-refractivity contribution in [3.63, 3.8) is 0 Å². The number of carbonyl (C=O) groups is 3. The molecule has 218 valence electrons. The number of aromatic hydroxyl groups is 2. The van der Waals surface area contributed by atoms with Crippen LogP contribution in [0.25, 0.3) is 34.2 Å². The van der Waals surface area contributed by atoms with Gasteiger partial charge in [-0.15, -0.1) is 10.2 Å². The largest absolute Gasteiger partial charge is 0.505 e. The molecule has 15 heteroatoms. The maximum Gasteiger partial charge on any atom is 0.339 e. The van der Waals surface area contributed by atoms with E-state index in [2.05, 4.69) is 25.6 Å². The molecule has 0 radical (unpaired) electrons. The van der Waals surface area contributed by atoms with Gasteiger partial charge in [0.2, 0.25) is 0 Å². The van der Waals surface area contributed by atoms with E-state index >= 15 is 0 Å². The van der Waals surface area contributed by atoms with E-state index in [-0.39, 0.29) is 50.8 Å². The molecule has 0 amide bonds. The first kappa shape index (κ1) is 28.4. The molecule has 0 spiro atoms. The number of carbonyl (C=O) groups excluding carboxylic acids is 1. The van der Waals surface area contributed by atoms with Crippen molar-refractivity contribution in [2.45, 2.75) is 26.4 Å². The number of ether oxygens (including phenoxy) is 1. The number of carboxylic acids is 2. The second-order valence-electron chi connectivity index (χ2n) is 10.2. The number of rotatable bonds is 7. The molecule has 0 aliphatic carbocycles. The van der Waals surface area contributed by atoms with Gasteiger partial charge >= 0.3 is 17.9 Å². The van der Waals surface area contributed by atoms with Gasteiger partial charge in [0.15, 0.2) is 11.5 Å². The smallest absolute Gasteiger partial charge is 0.339 e. The van der Waals surface area contributed by atoms with Gasteiger partial charge in [0, 0.05) is 0 Å². The van der Waals surface area contributed by atoms with E-state index in [9.17, 15) is 34.8 Å². The predicted octanol–water partition coefficient (Wildman–Crippen LogP) is 3.34. The molecule has 3 heterocycles. The Balaban J connectivity index is 1.59. The zero-order valence-corrected chi connectivity index (χ0v) is 22.8. The van der Waals surface area contributed by atoms with Gasteiger partial charge < -0.3 is 25.2 Å². The SMILES string of the molecule is CC(C)(C)OC(=O)c1cc(-c2cn(-c3cccc(C(=O)O)c3O)nn2)nc(-c2cn(-c3cccc(C(=O)O)c3O)nn2)c1. The molecule has 0 aliphatic rings. The molecule has 0 aliphatic heterocycles. The average molecular weight is 586 g/mol. The van der Waals surface area contributed by atoms with E-state index < -0.39 is 35.0 Å². The third-order valence-corrected chi connectivity index (χ3v) is 5.96. The lowest BCUT2D eigenvalue weighted by Crippen LogP contribution is -2.24. The number of benzene rings is 2. The Morgan fingerprint density at radius 2 is 1.16 bits per heavy atom. The van der Waals surface area contributed by atoms with Crippen molar-refractivity contribution in [2.75, 3.05) is 0 Å².